The average Bonchev–Trinajstić information content (AvgIpc) is 2.79. The second-order valence-corrected chi connectivity index (χ2v) is 8.43. The van der Waals surface area contributed by atoms with Crippen molar-refractivity contribution in [2.24, 2.45) is 0 Å². The summed E-state index contributed by atoms with van der Waals surface area (Å²) in [5, 5.41) is 22.9. The Kier molecular flexibility index (Phi) is 11.4. The third-order valence-corrected chi connectivity index (χ3v) is 5.98. The zero-order valence-corrected chi connectivity index (χ0v) is 20.5. The van der Waals surface area contributed by atoms with Gasteiger partial charge in [0.15, 0.2) is 0 Å². The summed E-state index contributed by atoms with van der Waals surface area (Å²) in [6, 6.07) is 6.66. The van der Waals surface area contributed by atoms with Gasteiger partial charge in [-0.2, -0.15) is 0 Å². The fourth-order valence-electron chi connectivity index (χ4n) is 3.46. The molecular weight excluding hydrogens is 531 g/mol. The Balaban J connectivity index is 2.35. The van der Waals surface area contributed by atoms with Gasteiger partial charge in [-0.25, -0.2) is 0 Å². The number of ether oxygens (including phenoxy) is 3. The van der Waals surface area contributed by atoms with Crippen LogP contribution in [0, 0.1) is 3.57 Å². The maximum absolute atomic E-state index is 12.9. The van der Waals surface area contributed by atoms with Crippen molar-refractivity contribution in [3.05, 3.63) is 39.5 Å². The molecule has 3 N–H and O–H groups in total. The third-order valence-electron chi connectivity index (χ3n) is 5.09. The number of halogens is 1. The van der Waals surface area contributed by atoms with E-state index in [1.807, 2.05) is 18.2 Å². The van der Waals surface area contributed by atoms with Gasteiger partial charge < -0.3 is 34.6 Å². The van der Waals surface area contributed by atoms with Gasteiger partial charge in [0, 0.05) is 39.3 Å². The van der Waals surface area contributed by atoms with E-state index >= 15 is 0 Å². The maximum Gasteiger partial charge on any atom is 0.247 e. The van der Waals surface area contributed by atoms with E-state index in [1.165, 1.54) is 19.1 Å². The number of nitrogens with one attached hydrogen (secondary N) is 1. The minimum atomic E-state index is -1.07. The van der Waals surface area contributed by atoms with E-state index in [0.717, 1.165) is 3.57 Å². The van der Waals surface area contributed by atoms with Crippen molar-refractivity contribution in [2.45, 2.75) is 31.1 Å². The average molecular weight is 562 g/mol. The van der Waals surface area contributed by atoms with E-state index in [2.05, 4.69) is 27.9 Å². The van der Waals surface area contributed by atoms with Crippen LogP contribution in [0.4, 0.5) is 0 Å². The smallest absolute Gasteiger partial charge is 0.247 e. The van der Waals surface area contributed by atoms with Crippen LogP contribution in [0.15, 0.2) is 35.9 Å². The van der Waals surface area contributed by atoms with Crippen LogP contribution >= 0.6 is 22.6 Å². The van der Waals surface area contributed by atoms with Crippen LogP contribution in [0.2, 0.25) is 0 Å². The third kappa shape index (κ3) is 7.41. The molecule has 2 amide bonds. The molecule has 10 heteroatoms. The molecule has 0 fully saturated rings. The molecule has 3 atom stereocenters. The van der Waals surface area contributed by atoms with Crippen molar-refractivity contribution < 1.29 is 34.0 Å². The molecule has 0 unspecified atom stereocenters. The van der Waals surface area contributed by atoms with Crippen molar-refractivity contribution in [3.63, 3.8) is 0 Å². The van der Waals surface area contributed by atoms with Crippen LogP contribution in [0.3, 0.4) is 0 Å². The topological polar surface area (TPSA) is 118 Å². The summed E-state index contributed by atoms with van der Waals surface area (Å²) in [5.41, 5.74) is 0.381. The number of para-hydroxylation sites is 1. The number of aliphatic hydroxyl groups excluding tert-OH is 2. The van der Waals surface area contributed by atoms with Crippen LogP contribution in [0.25, 0.3) is 0 Å². The summed E-state index contributed by atoms with van der Waals surface area (Å²) in [4.78, 5) is 27.1. The molecule has 0 bridgehead atoms. The zero-order chi connectivity index (χ0) is 23.5. The molecule has 0 saturated heterocycles. The SMILES string of the molecule is COCCC(=O)N(CCOC)[C@@H]1CC(C(=O)NCCO)=C[C@H](Oc2ccccc2I)[C@H]1O. The van der Waals surface area contributed by atoms with Crippen molar-refractivity contribution in [3.8, 4) is 5.75 Å². The van der Waals surface area contributed by atoms with Gasteiger partial charge in [-0.05, 0) is 40.8 Å². The van der Waals surface area contributed by atoms with Crippen LogP contribution in [-0.4, -0.2) is 92.3 Å². The van der Waals surface area contributed by atoms with E-state index in [9.17, 15) is 14.7 Å². The monoisotopic (exact) mass is 562 g/mol. The summed E-state index contributed by atoms with van der Waals surface area (Å²) in [5.74, 6) is -0.0142. The van der Waals surface area contributed by atoms with Crippen LogP contribution < -0.4 is 10.1 Å². The first-order valence-electron chi connectivity index (χ1n) is 10.4. The number of carbonyl (C=O) groups excluding carboxylic acids is 2. The number of benzene rings is 1. The summed E-state index contributed by atoms with van der Waals surface area (Å²) in [7, 11) is 3.05. The van der Waals surface area contributed by atoms with Gasteiger partial charge >= 0.3 is 0 Å². The lowest BCUT2D eigenvalue weighted by Crippen LogP contribution is -2.56. The predicted molar refractivity (Wildman–Crippen MR) is 126 cm³/mol. The maximum atomic E-state index is 12.9. The van der Waals surface area contributed by atoms with Crippen LogP contribution in [0.5, 0.6) is 5.75 Å². The predicted octanol–water partition coefficient (Wildman–Crippen LogP) is 0.718. The molecule has 178 valence electrons. The van der Waals surface area contributed by atoms with Crippen molar-refractivity contribution in [1.29, 1.82) is 0 Å². The van der Waals surface area contributed by atoms with Gasteiger partial charge in [0.1, 0.15) is 18.0 Å². The molecule has 1 aliphatic carbocycles. The number of amides is 2. The van der Waals surface area contributed by atoms with Crippen molar-refractivity contribution in [1.82, 2.24) is 10.2 Å². The summed E-state index contributed by atoms with van der Waals surface area (Å²) >= 11 is 2.13. The minimum Gasteiger partial charge on any atom is -0.482 e. The van der Waals surface area contributed by atoms with E-state index in [4.69, 9.17) is 19.3 Å². The highest BCUT2D eigenvalue weighted by molar-refractivity contribution is 14.1. The second-order valence-electron chi connectivity index (χ2n) is 7.27. The summed E-state index contributed by atoms with van der Waals surface area (Å²) in [6.07, 6.45) is -0.0394. The fourth-order valence-corrected chi connectivity index (χ4v) is 3.98. The zero-order valence-electron chi connectivity index (χ0n) is 18.3. The van der Waals surface area contributed by atoms with Crippen molar-refractivity contribution >= 4 is 34.4 Å². The lowest BCUT2D eigenvalue weighted by Gasteiger charge is -2.40. The Hall–Kier alpha value is -1.73. The molecule has 0 radical (unpaired) electrons. The second kappa shape index (κ2) is 13.7. The number of methoxy groups -OCH3 is 2. The van der Waals surface area contributed by atoms with E-state index in [-0.39, 0.29) is 57.6 Å². The first-order valence-corrected chi connectivity index (χ1v) is 11.5. The van der Waals surface area contributed by atoms with Gasteiger partial charge in [0.2, 0.25) is 11.8 Å². The Bertz CT molecular complexity index is 789. The molecule has 0 aromatic heterocycles. The standard InChI is InChI=1S/C22H31IN2O7/c1-30-11-7-20(27)25(9-12-31-2)17-13-15(22(29)24-8-10-26)14-19(21(17)28)32-18-6-4-3-5-16(18)23/h3-6,14,17,19,21,26,28H,7-13H2,1-2H3,(H,24,29)/t17-,19+,21+/m1/s1. The van der Waals surface area contributed by atoms with Crippen molar-refractivity contribution in [2.75, 3.05) is 47.1 Å². The summed E-state index contributed by atoms with van der Waals surface area (Å²) < 4.78 is 17.1. The molecule has 2 rings (SSSR count). The molecule has 0 saturated carbocycles. The van der Waals surface area contributed by atoms with E-state index < -0.39 is 18.2 Å². The van der Waals surface area contributed by atoms with Gasteiger partial charge in [-0.15, -0.1) is 0 Å². The first-order chi connectivity index (χ1) is 15.4. The Morgan fingerprint density at radius 2 is 1.94 bits per heavy atom. The van der Waals surface area contributed by atoms with Gasteiger partial charge in [-0.1, -0.05) is 12.1 Å². The highest BCUT2D eigenvalue weighted by atomic mass is 127. The molecule has 0 heterocycles. The molecule has 1 aliphatic rings. The number of nitrogens with zero attached hydrogens (tertiary/aromatic N) is 1. The number of carbonyl (C=O) groups is 2. The Labute approximate surface area is 201 Å². The minimum absolute atomic E-state index is 0.103. The number of hydrogen-bond donors (Lipinski definition) is 3. The Morgan fingerprint density at radius 3 is 2.59 bits per heavy atom. The molecule has 32 heavy (non-hydrogen) atoms. The highest BCUT2D eigenvalue weighted by Crippen LogP contribution is 2.29. The molecule has 1 aromatic carbocycles. The van der Waals surface area contributed by atoms with Crippen LogP contribution in [0.1, 0.15) is 12.8 Å². The number of aliphatic hydroxyl groups is 2. The molecule has 0 aliphatic heterocycles. The number of rotatable bonds is 12. The normalized spacial score (nSPS) is 20.4. The van der Waals surface area contributed by atoms with Gasteiger partial charge in [0.25, 0.3) is 0 Å². The fraction of sp³-hybridized carbons (Fsp3) is 0.545. The van der Waals surface area contributed by atoms with Gasteiger partial charge in [0.05, 0.1) is 35.9 Å². The van der Waals surface area contributed by atoms with Crippen LogP contribution in [-0.2, 0) is 19.1 Å². The van der Waals surface area contributed by atoms with E-state index in [1.54, 1.807) is 12.1 Å². The lowest BCUT2D eigenvalue weighted by atomic mass is 9.88. The van der Waals surface area contributed by atoms with E-state index in [0.29, 0.717) is 11.3 Å². The molecule has 9 nitrogen and oxygen atoms in total. The summed E-state index contributed by atoms with van der Waals surface area (Å²) in [6.45, 7) is 0.684. The van der Waals surface area contributed by atoms with Gasteiger partial charge in [-0.3, -0.25) is 9.59 Å². The largest absolute Gasteiger partial charge is 0.482 e. The molecule has 0 spiro atoms. The first kappa shape index (κ1) is 26.5. The Morgan fingerprint density at radius 1 is 1.22 bits per heavy atom. The molecule has 1 aromatic rings. The quantitative estimate of drug-likeness (QED) is 0.322. The lowest BCUT2D eigenvalue weighted by molar-refractivity contribution is -0.140. The number of hydrogen-bond acceptors (Lipinski definition) is 7. The highest BCUT2D eigenvalue weighted by Gasteiger charge is 2.40. The molecular formula is C22H31IN2O7.